The summed E-state index contributed by atoms with van der Waals surface area (Å²) in [6, 6.07) is 8.01. The van der Waals surface area contributed by atoms with Gasteiger partial charge in [0.15, 0.2) is 18.2 Å². The Morgan fingerprint density at radius 2 is 2.00 bits per heavy atom. The molecule has 2 aromatic rings. The van der Waals surface area contributed by atoms with Gasteiger partial charge in [-0.3, -0.25) is 4.79 Å². The first-order valence-electron chi connectivity index (χ1n) is 6.95. The average molecular weight is 409 g/mol. The Bertz CT molecular complexity index is 798. The van der Waals surface area contributed by atoms with Crippen molar-refractivity contribution in [2.75, 3.05) is 11.9 Å². The second-order valence-electron chi connectivity index (χ2n) is 5.04. The summed E-state index contributed by atoms with van der Waals surface area (Å²) < 4.78 is 19.5. The Kier molecular flexibility index (Phi) is 6.23. The Morgan fingerprint density at radius 3 is 2.58 bits per heavy atom. The van der Waals surface area contributed by atoms with Gasteiger partial charge in [0.25, 0.3) is 5.91 Å². The molecular formula is C17H14BrFN2O2S. The number of amides is 1. The lowest BCUT2D eigenvalue weighted by atomic mass is 10.1. The minimum absolute atomic E-state index is 0.0163. The second kappa shape index (κ2) is 8.18. The van der Waals surface area contributed by atoms with E-state index in [-0.39, 0.29) is 18.3 Å². The molecule has 0 aliphatic carbocycles. The summed E-state index contributed by atoms with van der Waals surface area (Å²) in [6.07, 6.45) is 0. The lowest BCUT2D eigenvalue weighted by Crippen LogP contribution is -2.21. The van der Waals surface area contributed by atoms with Crippen LogP contribution in [0.3, 0.4) is 0 Å². The largest absolute Gasteiger partial charge is 0.481 e. The quantitative estimate of drug-likeness (QED) is 0.570. The van der Waals surface area contributed by atoms with Crippen molar-refractivity contribution in [3.05, 3.63) is 51.7 Å². The van der Waals surface area contributed by atoms with Gasteiger partial charge >= 0.3 is 0 Å². The molecule has 0 fully saturated rings. The molecule has 0 saturated carbocycles. The minimum Gasteiger partial charge on any atom is -0.481 e. The fraction of sp³-hybridized carbons (Fsp3) is 0.176. The lowest BCUT2D eigenvalue weighted by Gasteiger charge is -2.13. The van der Waals surface area contributed by atoms with E-state index in [2.05, 4.69) is 21.2 Å². The number of benzene rings is 2. The van der Waals surface area contributed by atoms with Gasteiger partial charge in [-0.1, -0.05) is 15.9 Å². The van der Waals surface area contributed by atoms with E-state index in [1.165, 1.54) is 12.1 Å². The monoisotopic (exact) mass is 408 g/mol. The number of carbonyl (C=O) groups is 1. The van der Waals surface area contributed by atoms with Crippen LogP contribution in [0.15, 0.2) is 39.7 Å². The fourth-order valence-corrected chi connectivity index (χ4v) is 3.05. The summed E-state index contributed by atoms with van der Waals surface area (Å²) in [5.74, 6) is -0.908. The molecule has 1 N–H and O–H groups in total. The van der Waals surface area contributed by atoms with Gasteiger partial charge in [-0.05, 0) is 67.1 Å². The van der Waals surface area contributed by atoms with Crippen molar-refractivity contribution in [2.24, 2.45) is 0 Å². The van der Waals surface area contributed by atoms with E-state index in [1.807, 2.05) is 31.4 Å². The zero-order valence-corrected chi connectivity index (χ0v) is 15.4. The average Bonchev–Trinajstić information content (AvgIpc) is 2.50. The standard InChI is InChI=1S/C17H14BrFN2O2S/c1-10-5-13(24-9-20)6-11(2)17(10)21-16(22)8-23-15-4-3-12(18)7-14(15)19/h3-7H,8H2,1-2H3,(H,21,22). The SMILES string of the molecule is Cc1cc(SC#N)cc(C)c1NC(=O)COc1ccc(Br)cc1F. The van der Waals surface area contributed by atoms with Gasteiger partial charge in [0.2, 0.25) is 0 Å². The third-order valence-corrected chi connectivity index (χ3v) is 4.24. The molecule has 0 aliphatic rings. The minimum atomic E-state index is -0.539. The summed E-state index contributed by atoms with van der Waals surface area (Å²) in [5.41, 5.74) is 2.36. The maximum absolute atomic E-state index is 13.7. The zero-order chi connectivity index (χ0) is 17.7. The van der Waals surface area contributed by atoms with Crippen molar-refractivity contribution in [3.8, 4) is 11.2 Å². The third kappa shape index (κ3) is 4.73. The highest BCUT2D eigenvalue weighted by Crippen LogP contribution is 2.27. The number of halogens is 2. The lowest BCUT2D eigenvalue weighted by molar-refractivity contribution is -0.118. The molecule has 2 aromatic carbocycles. The van der Waals surface area contributed by atoms with Gasteiger partial charge < -0.3 is 10.1 Å². The zero-order valence-electron chi connectivity index (χ0n) is 13.0. The number of nitrogens with zero attached hydrogens (tertiary/aromatic N) is 1. The summed E-state index contributed by atoms with van der Waals surface area (Å²) >= 11 is 4.22. The van der Waals surface area contributed by atoms with Gasteiger partial charge in [-0.2, -0.15) is 5.26 Å². The van der Waals surface area contributed by atoms with Crippen molar-refractivity contribution >= 4 is 39.3 Å². The molecule has 0 atom stereocenters. The number of hydrogen-bond donors (Lipinski definition) is 1. The van der Waals surface area contributed by atoms with E-state index in [1.54, 1.807) is 6.07 Å². The molecule has 0 saturated heterocycles. The van der Waals surface area contributed by atoms with Crippen molar-refractivity contribution in [1.82, 2.24) is 0 Å². The van der Waals surface area contributed by atoms with Crippen molar-refractivity contribution < 1.29 is 13.9 Å². The molecule has 4 nitrogen and oxygen atoms in total. The highest BCUT2D eigenvalue weighted by atomic mass is 79.9. The van der Waals surface area contributed by atoms with Gasteiger partial charge in [0.1, 0.15) is 5.40 Å². The fourth-order valence-electron chi connectivity index (χ4n) is 2.14. The van der Waals surface area contributed by atoms with Crippen LogP contribution < -0.4 is 10.1 Å². The maximum Gasteiger partial charge on any atom is 0.262 e. The van der Waals surface area contributed by atoms with E-state index in [0.717, 1.165) is 27.8 Å². The number of carbonyl (C=O) groups excluding carboxylic acids is 1. The summed E-state index contributed by atoms with van der Waals surface area (Å²) in [6.45, 7) is 3.39. The van der Waals surface area contributed by atoms with Crippen LogP contribution in [0.25, 0.3) is 0 Å². The molecule has 0 aromatic heterocycles. The van der Waals surface area contributed by atoms with E-state index in [9.17, 15) is 9.18 Å². The number of nitrogens with one attached hydrogen (secondary N) is 1. The maximum atomic E-state index is 13.7. The number of hydrogen-bond acceptors (Lipinski definition) is 4. The highest BCUT2D eigenvalue weighted by Gasteiger charge is 2.11. The van der Waals surface area contributed by atoms with E-state index >= 15 is 0 Å². The molecule has 0 aliphatic heterocycles. The van der Waals surface area contributed by atoms with Gasteiger partial charge in [0, 0.05) is 15.1 Å². The van der Waals surface area contributed by atoms with Crippen LogP contribution >= 0.6 is 27.7 Å². The molecule has 7 heteroatoms. The molecule has 0 radical (unpaired) electrons. The van der Waals surface area contributed by atoms with Crippen LogP contribution in [0, 0.1) is 30.3 Å². The second-order valence-corrected chi connectivity index (χ2v) is 6.81. The number of nitriles is 1. The van der Waals surface area contributed by atoms with E-state index < -0.39 is 5.82 Å². The third-order valence-electron chi connectivity index (χ3n) is 3.19. The van der Waals surface area contributed by atoms with Crippen LogP contribution in [-0.2, 0) is 4.79 Å². The first-order chi connectivity index (χ1) is 11.4. The molecule has 2 rings (SSSR count). The van der Waals surface area contributed by atoms with Gasteiger partial charge in [0.05, 0.1) is 0 Å². The Hall–Kier alpha value is -2.04. The summed E-state index contributed by atoms with van der Waals surface area (Å²) in [5, 5.41) is 13.5. The number of thiocyanates is 1. The van der Waals surface area contributed by atoms with Crippen LogP contribution in [0.4, 0.5) is 10.1 Å². The molecule has 0 bridgehead atoms. The first kappa shape index (κ1) is 18.3. The molecule has 0 spiro atoms. The molecule has 0 unspecified atom stereocenters. The van der Waals surface area contributed by atoms with E-state index in [4.69, 9.17) is 10.00 Å². The highest BCUT2D eigenvalue weighted by molar-refractivity contribution is 9.10. The van der Waals surface area contributed by atoms with Crippen LogP contribution in [-0.4, -0.2) is 12.5 Å². The molecule has 0 heterocycles. The number of aryl methyl sites for hydroxylation is 2. The first-order valence-corrected chi connectivity index (χ1v) is 8.56. The normalized spacial score (nSPS) is 10.1. The van der Waals surface area contributed by atoms with Gasteiger partial charge in [-0.15, -0.1) is 0 Å². The topological polar surface area (TPSA) is 62.1 Å². The van der Waals surface area contributed by atoms with Crippen LogP contribution in [0.5, 0.6) is 5.75 Å². The Morgan fingerprint density at radius 1 is 1.33 bits per heavy atom. The van der Waals surface area contributed by atoms with Crippen molar-refractivity contribution in [2.45, 2.75) is 18.7 Å². The molecular weight excluding hydrogens is 395 g/mol. The Balaban J connectivity index is 2.03. The number of ether oxygens (including phenoxy) is 1. The van der Waals surface area contributed by atoms with E-state index in [0.29, 0.717) is 10.2 Å². The molecule has 124 valence electrons. The van der Waals surface area contributed by atoms with Crippen LogP contribution in [0.2, 0.25) is 0 Å². The number of thioether (sulfide) groups is 1. The predicted octanol–water partition coefficient (Wildman–Crippen LogP) is 4.80. The summed E-state index contributed by atoms with van der Waals surface area (Å²) in [4.78, 5) is 12.9. The Labute approximate surface area is 152 Å². The van der Waals surface area contributed by atoms with Crippen molar-refractivity contribution in [1.29, 1.82) is 5.26 Å². The van der Waals surface area contributed by atoms with Crippen molar-refractivity contribution in [3.63, 3.8) is 0 Å². The number of anilines is 1. The van der Waals surface area contributed by atoms with Gasteiger partial charge in [-0.25, -0.2) is 4.39 Å². The van der Waals surface area contributed by atoms with Crippen LogP contribution in [0.1, 0.15) is 11.1 Å². The molecule has 24 heavy (non-hydrogen) atoms. The smallest absolute Gasteiger partial charge is 0.262 e. The molecule has 1 amide bonds. The predicted molar refractivity (Wildman–Crippen MR) is 95.6 cm³/mol. The number of rotatable bonds is 5. The summed E-state index contributed by atoms with van der Waals surface area (Å²) in [7, 11) is 0.